The molecule has 2 N–H and O–H groups in total. The molecule has 15 heavy (non-hydrogen) atoms. The van der Waals surface area contributed by atoms with E-state index in [1.807, 2.05) is 12.3 Å². The van der Waals surface area contributed by atoms with Crippen molar-refractivity contribution in [3.8, 4) is 0 Å². The van der Waals surface area contributed by atoms with Crippen LogP contribution in [0.15, 0.2) is 22.9 Å². The largest absolute Gasteiger partial charge is 0.315 e. The lowest BCUT2D eigenvalue weighted by molar-refractivity contribution is 0.389. The van der Waals surface area contributed by atoms with Crippen LogP contribution in [0.5, 0.6) is 0 Å². The fourth-order valence-corrected chi connectivity index (χ4v) is 2.25. The Balaban J connectivity index is 1.81. The number of nitrogens with zero attached hydrogens (tertiary/aromatic N) is 1. The zero-order valence-electron chi connectivity index (χ0n) is 8.67. The molecule has 3 nitrogen and oxygen atoms in total. The molecular formula is C11H16BrN3. The molecular weight excluding hydrogens is 254 g/mol. The zero-order valence-corrected chi connectivity index (χ0v) is 10.3. The van der Waals surface area contributed by atoms with Gasteiger partial charge < -0.3 is 10.6 Å². The maximum absolute atomic E-state index is 4.11. The lowest BCUT2D eigenvalue weighted by atomic mass is 10.1. The second-order valence-electron chi connectivity index (χ2n) is 3.91. The number of aromatic nitrogens is 1. The monoisotopic (exact) mass is 269 g/mol. The predicted molar refractivity (Wildman–Crippen MR) is 64.7 cm³/mol. The smallest absolute Gasteiger partial charge is 0.106 e. The molecule has 0 radical (unpaired) electrons. The topological polar surface area (TPSA) is 37.0 Å². The second-order valence-corrected chi connectivity index (χ2v) is 4.72. The van der Waals surface area contributed by atoms with E-state index < -0.39 is 0 Å². The van der Waals surface area contributed by atoms with Gasteiger partial charge in [-0.3, -0.25) is 0 Å². The molecule has 1 saturated heterocycles. The summed E-state index contributed by atoms with van der Waals surface area (Å²) in [5, 5.41) is 6.95. The molecule has 0 amide bonds. The van der Waals surface area contributed by atoms with Gasteiger partial charge in [0.15, 0.2) is 0 Å². The van der Waals surface area contributed by atoms with E-state index in [9.17, 15) is 0 Å². The molecule has 0 spiro atoms. The molecule has 0 aromatic carbocycles. The summed E-state index contributed by atoms with van der Waals surface area (Å²) in [6, 6.07) is 4.72. The third-order valence-electron chi connectivity index (χ3n) is 2.68. The minimum Gasteiger partial charge on any atom is -0.315 e. The second kappa shape index (κ2) is 5.58. The number of hydrogen-bond acceptors (Lipinski definition) is 3. The number of pyridine rings is 1. The van der Waals surface area contributed by atoms with Crippen LogP contribution >= 0.6 is 15.9 Å². The lowest BCUT2D eigenvalue weighted by Crippen LogP contribution is -2.42. The highest BCUT2D eigenvalue weighted by Gasteiger charge is 2.11. The number of nitrogens with one attached hydrogen (secondary N) is 2. The molecule has 1 aromatic heterocycles. The van der Waals surface area contributed by atoms with Gasteiger partial charge in [-0.1, -0.05) is 0 Å². The molecule has 4 heteroatoms. The Kier molecular flexibility index (Phi) is 4.11. The van der Waals surface area contributed by atoms with Gasteiger partial charge in [0.05, 0.1) is 0 Å². The van der Waals surface area contributed by atoms with Crippen molar-refractivity contribution >= 4 is 15.9 Å². The van der Waals surface area contributed by atoms with Gasteiger partial charge in [0.1, 0.15) is 4.60 Å². The summed E-state index contributed by atoms with van der Waals surface area (Å²) >= 11 is 3.38. The normalized spacial score (nSPS) is 21.5. The van der Waals surface area contributed by atoms with Gasteiger partial charge >= 0.3 is 0 Å². The SMILES string of the molecule is Brc1cc(CN[C@@H]2CCCNC2)ccn1. The summed E-state index contributed by atoms with van der Waals surface area (Å²) in [7, 11) is 0. The van der Waals surface area contributed by atoms with Crippen molar-refractivity contribution in [1.82, 2.24) is 15.6 Å². The Morgan fingerprint density at radius 1 is 1.60 bits per heavy atom. The van der Waals surface area contributed by atoms with Crippen LogP contribution in [0.1, 0.15) is 18.4 Å². The van der Waals surface area contributed by atoms with Crippen molar-refractivity contribution < 1.29 is 0 Å². The first-order valence-corrected chi connectivity index (χ1v) is 6.18. The Hall–Kier alpha value is -0.450. The zero-order chi connectivity index (χ0) is 10.5. The van der Waals surface area contributed by atoms with Crippen molar-refractivity contribution in [3.63, 3.8) is 0 Å². The first-order chi connectivity index (χ1) is 7.34. The Labute approximate surface area is 98.8 Å². The lowest BCUT2D eigenvalue weighted by Gasteiger charge is -2.23. The Morgan fingerprint density at radius 3 is 3.27 bits per heavy atom. The third-order valence-corrected chi connectivity index (χ3v) is 3.12. The van der Waals surface area contributed by atoms with E-state index in [4.69, 9.17) is 0 Å². The van der Waals surface area contributed by atoms with Crippen molar-refractivity contribution in [2.24, 2.45) is 0 Å². The molecule has 1 aromatic rings. The molecule has 82 valence electrons. The Morgan fingerprint density at radius 2 is 2.53 bits per heavy atom. The molecule has 0 aliphatic carbocycles. The average molecular weight is 270 g/mol. The van der Waals surface area contributed by atoms with Crippen LogP contribution in [-0.4, -0.2) is 24.1 Å². The number of piperidine rings is 1. The first kappa shape index (κ1) is 11.0. The summed E-state index contributed by atoms with van der Waals surface area (Å²) in [5.74, 6) is 0. The number of rotatable bonds is 3. The summed E-state index contributed by atoms with van der Waals surface area (Å²) in [6.07, 6.45) is 4.39. The number of halogens is 1. The maximum Gasteiger partial charge on any atom is 0.106 e. The van der Waals surface area contributed by atoms with Crippen molar-refractivity contribution in [3.05, 3.63) is 28.5 Å². The fraction of sp³-hybridized carbons (Fsp3) is 0.545. The molecule has 0 saturated carbocycles. The molecule has 1 atom stereocenters. The predicted octanol–water partition coefficient (Wildman–Crippen LogP) is 1.69. The standard InChI is InChI=1S/C11H16BrN3/c12-11-6-9(3-5-14-11)7-15-10-2-1-4-13-8-10/h3,5-6,10,13,15H,1-2,4,7-8H2/t10-/m1/s1. The molecule has 1 fully saturated rings. The molecule has 2 rings (SSSR count). The highest BCUT2D eigenvalue weighted by molar-refractivity contribution is 9.10. The van der Waals surface area contributed by atoms with Gasteiger partial charge in [0.25, 0.3) is 0 Å². The molecule has 0 unspecified atom stereocenters. The van der Waals surface area contributed by atoms with E-state index >= 15 is 0 Å². The molecule has 1 aliphatic heterocycles. The van der Waals surface area contributed by atoms with Crippen LogP contribution in [0.25, 0.3) is 0 Å². The van der Waals surface area contributed by atoms with Crippen molar-refractivity contribution in [2.45, 2.75) is 25.4 Å². The summed E-state index contributed by atoms with van der Waals surface area (Å²) in [5.41, 5.74) is 1.28. The maximum atomic E-state index is 4.11. The Bertz CT molecular complexity index is 310. The van der Waals surface area contributed by atoms with Crippen LogP contribution in [0.3, 0.4) is 0 Å². The van der Waals surface area contributed by atoms with Crippen LogP contribution < -0.4 is 10.6 Å². The highest BCUT2D eigenvalue weighted by atomic mass is 79.9. The van der Waals surface area contributed by atoms with E-state index in [2.05, 4.69) is 37.6 Å². The van der Waals surface area contributed by atoms with Crippen molar-refractivity contribution in [1.29, 1.82) is 0 Å². The van der Waals surface area contributed by atoms with Gasteiger partial charge in [-0.15, -0.1) is 0 Å². The van der Waals surface area contributed by atoms with E-state index in [0.717, 1.165) is 17.7 Å². The van der Waals surface area contributed by atoms with E-state index in [1.165, 1.54) is 24.9 Å². The summed E-state index contributed by atoms with van der Waals surface area (Å²) in [4.78, 5) is 4.11. The third kappa shape index (κ3) is 3.55. The van der Waals surface area contributed by atoms with E-state index in [0.29, 0.717) is 6.04 Å². The minimum atomic E-state index is 0.616. The van der Waals surface area contributed by atoms with Gasteiger partial charge in [0.2, 0.25) is 0 Å². The molecule has 2 heterocycles. The quantitative estimate of drug-likeness (QED) is 0.821. The summed E-state index contributed by atoms with van der Waals surface area (Å²) in [6.45, 7) is 3.18. The van der Waals surface area contributed by atoms with Gasteiger partial charge in [-0.05, 0) is 53.0 Å². The minimum absolute atomic E-state index is 0.616. The van der Waals surface area contributed by atoms with Gasteiger partial charge in [0, 0.05) is 25.3 Å². The van der Waals surface area contributed by atoms with Crippen molar-refractivity contribution in [2.75, 3.05) is 13.1 Å². The first-order valence-electron chi connectivity index (χ1n) is 5.39. The molecule has 1 aliphatic rings. The van der Waals surface area contributed by atoms with Gasteiger partial charge in [-0.2, -0.15) is 0 Å². The molecule has 0 bridgehead atoms. The van der Waals surface area contributed by atoms with E-state index in [-0.39, 0.29) is 0 Å². The number of hydrogen-bond donors (Lipinski definition) is 2. The van der Waals surface area contributed by atoms with E-state index in [1.54, 1.807) is 0 Å². The fourth-order valence-electron chi connectivity index (χ4n) is 1.84. The highest BCUT2D eigenvalue weighted by Crippen LogP contribution is 2.09. The van der Waals surface area contributed by atoms with Crippen LogP contribution in [0.2, 0.25) is 0 Å². The summed E-state index contributed by atoms with van der Waals surface area (Å²) < 4.78 is 0.906. The average Bonchev–Trinajstić information content (AvgIpc) is 2.28. The van der Waals surface area contributed by atoms with Crippen LogP contribution in [0.4, 0.5) is 0 Å². The van der Waals surface area contributed by atoms with Gasteiger partial charge in [-0.25, -0.2) is 4.98 Å². The van der Waals surface area contributed by atoms with Crippen LogP contribution in [0, 0.1) is 0 Å². The van der Waals surface area contributed by atoms with Crippen LogP contribution in [-0.2, 0) is 6.54 Å².